The van der Waals surface area contributed by atoms with Crippen molar-refractivity contribution < 1.29 is 4.79 Å². The molecule has 3 aromatic rings. The second-order valence-corrected chi connectivity index (χ2v) is 10.2. The van der Waals surface area contributed by atoms with Gasteiger partial charge in [-0.2, -0.15) is 15.0 Å². The SMILES string of the molecule is C=Ic1c(C#N)ccc(-c2cnn(-c3ccc(C(=O)N4CCN(CC)C[C@@H]4C)cn3)c2N=O)c1C. The van der Waals surface area contributed by atoms with Crippen LogP contribution in [0.2, 0.25) is 0 Å². The van der Waals surface area contributed by atoms with E-state index in [1.165, 1.54) is 10.9 Å². The van der Waals surface area contributed by atoms with Crippen molar-refractivity contribution in [1.29, 1.82) is 5.26 Å². The molecule has 1 aromatic carbocycles. The van der Waals surface area contributed by atoms with Gasteiger partial charge in [-0.05, 0) is 54.9 Å². The molecule has 1 aliphatic rings. The van der Waals surface area contributed by atoms with Gasteiger partial charge in [0.25, 0.3) is 5.91 Å². The molecule has 0 radical (unpaired) electrons. The summed E-state index contributed by atoms with van der Waals surface area (Å²) in [5.41, 5.74) is 3.35. The van der Waals surface area contributed by atoms with Crippen molar-refractivity contribution >= 4 is 37.0 Å². The highest BCUT2D eigenvalue weighted by Crippen LogP contribution is 2.36. The number of benzene rings is 1. The first-order valence-electron chi connectivity index (χ1n) is 11.3. The maximum Gasteiger partial charge on any atom is 0.255 e. The number of carbonyl (C=O) groups is 1. The van der Waals surface area contributed by atoms with E-state index in [0.717, 1.165) is 34.3 Å². The van der Waals surface area contributed by atoms with Gasteiger partial charge in [-0.1, -0.05) is 38.2 Å². The first-order valence-corrected chi connectivity index (χ1v) is 13.9. The van der Waals surface area contributed by atoms with Crippen molar-refractivity contribution in [2.75, 3.05) is 26.2 Å². The summed E-state index contributed by atoms with van der Waals surface area (Å²) in [6, 6.07) is 9.26. The number of pyridine rings is 1. The van der Waals surface area contributed by atoms with Crippen LogP contribution in [-0.2, 0) is 0 Å². The van der Waals surface area contributed by atoms with Crippen molar-refractivity contribution in [2.45, 2.75) is 26.8 Å². The fourth-order valence-electron chi connectivity index (χ4n) is 4.45. The lowest BCUT2D eigenvalue weighted by Gasteiger charge is -2.39. The lowest BCUT2D eigenvalue weighted by Crippen LogP contribution is -2.53. The molecule has 2 aromatic heterocycles. The van der Waals surface area contributed by atoms with Gasteiger partial charge in [-0.25, -0.2) is 4.98 Å². The number of hydrogen-bond acceptors (Lipinski definition) is 7. The predicted octanol–water partition coefficient (Wildman–Crippen LogP) is 4.25. The van der Waals surface area contributed by atoms with Gasteiger partial charge in [0.2, 0.25) is 5.82 Å². The van der Waals surface area contributed by atoms with Gasteiger partial charge >= 0.3 is 0 Å². The third-order valence-electron chi connectivity index (χ3n) is 6.39. The molecule has 1 saturated heterocycles. The summed E-state index contributed by atoms with van der Waals surface area (Å²) in [6.07, 6.45) is 3.09. The Labute approximate surface area is 214 Å². The Morgan fingerprint density at radius 2 is 2.06 bits per heavy atom. The predicted molar refractivity (Wildman–Crippen MR) is 144 cm³/mol. The molecule has 0 N–H and O–H groups in total. The van der Waals surface area contributed by atoms with Crippen LogP contribution in [0.25, 0.3) is 16.9 Å². The van der Waals surface area contributed by atoms with Gasteiger partial charge in [-0.15, -0.1) is 4.91 Å². The molecule has 10 heteroatoms. The fourth-order valence-corrected chi connectivity index (χ4v) is 6.02. The molecular weight excluding hydrogens is 557 g/mol. The lowest BCUT2D eigenvalue weighted by atomic mass is 10.0. The van der Waals surface area contributed by atoms with Gasteiger partial charge in [0.1, 0.15) is 6.07 Å². The number of nitriles is 1. The van der Waals surface area contributed by atoms with Crippen molar-refractivity contribution in [3.8, 4) is 23.0 Å². The molecule has 180 valence electrons. The Morgan fingerprint density at radius 1 is 1.26 bits per heavy atom. The van der Waals surface area contributed by atoms with Crippen LogP contribution in [0.15, 0.2) is 41.8 Å². The normalized spacial score (nSPS) is 16.2. The Balaban J connectivity index is 1.63. The van der Waals surface area contributed by atoms with Crippen LogP contribution in [0.1, 0.15) is 35.3 Å². The number of hydrogen-bond donors (Lipinski definition) is 0. The third-order valence-corrected chi connectivity index (χ3v) is 8.55. The van der Waals surface area contributed by atoms with E-state index in [0.29, 0.717) is 29.1 Å². The van der Waals surface area contributed by atoms with Crippen molar-refractivity contribution in [3.63, 3.8) is 0 Å². The van der Waals surface area contributed by atoms with Crippen LogP contribution in [0.4, 0.5) is 5.82 Å². The van der Waals surface area contributed by atoms with E-state index >= 15 is 0 Å². The summed E-state index contributed by atoms with van der Waals surface area (Å²) >= 11 is -0.584. The van der Waals surface area contributed by atoms with Crippen LogP contribution in [0.5, 0.6) is 0 Å². The number of rotatable bonds is 6. The van der Waals surface area contributed by atoms with Crippen molar-refractivity contribution in [3.05, 3.63) is 61.8 Å². The molecule has 0 saturated carbocycles. The number of halogens is 1. The zero-order valence-electron chi connectivity index (χ0n) is 19.9. The zero-order chi connectivity index (χ0) is 25.1. The molecule has 1 fully saturated rings. The average molecular weight is 583 g/mol. The van der Waals surface area contributed by atoms with E-state index in [4.69, 9.17) is 0 Å². The third kappa shape index (κ3) is 4.66. The molecule has 0 spiro atoms. The number of nitroso groups, excluding NO2 is 1. The molecule has 3 heterocycles. The van der Waals surface area contributed by atoms with Gasteiger partial charge in [0.05, 0.1) is 22.9 Å². The first-order chi connectivity index (χ1) is 16.9. The zero-order valence-corrected chi connectivity index (χ0v) is 22.1. The average Bonchev–Trinajstić information content (AvgIpc) is 3.31. The Morgan fingerprint density at radius 3 is 2.66 bits per heavy atom. The molecule has 1 atom stereocenters. The number of piperazine rings is 1. The van der Waals surface area contributed by atoms with Gasteiger partial charge in [0.15, 0.2) is 5.82 Å². The van der Waals surface area contributed by atoms with Gasteiger partial charge < -0.3 is 4.90 Å². The van der Waals surface area contributed by atoms with Crippen LogP contribution >= 0.6 is 20.7 Å². The minimum absolute atomic E-state index is 0.0561. The standard InChI is InChI=1S/C25H26IN7O2/c1-5-31-10-11-32(16(2)15-31)25(34)19-7-9-22(28-13-19)33-24(30-35)21(14-29-33)20-8-6-18(12-27)23(26-4)17(20)3/h6-9,13-14,16H,4-5,10-11,15H2,1-3H3/t16-/m0/s1. The molecule has 1 amide bonds. The highest BCUT2D eigenvalue weighted by molar-refractivity contribution is 14.2. The molecule has 4 rings (SSSR count). The highest BCUT2D eigenvalue weighted by atomic mass is 127. The Bertz CT molecular complexity index is 1330. The second kappa shape index (κ2) is 10.5. The Hall–Kier alpha value is -3.30. The van der Waals surface area contributed by atoms with E-state index < -0.39 is 20.7 Å². The Kier molecular flexibility index (Phi) is 7.47. The molecule has 9 nitrogen and oxygen atoms in total. The minimum Gasteiger partial charge on any atom is -0.333 e. The van der Waals surface area contributed by atoms with Crippen LogP contribution < -0.4 is 0 Å². The number of carbonyl (C=O) groups excluding carboxylic acids is 1. The minimum atomic E-state index is -0.584. The number of likely N-dealkylation sites (N-methyl/N-ethyl adjacent to an activating group) is 1. The molecule has 0 aliphatic carbocycles. The molecule has 1 aliphatic heterocycles. The van der Waals surface area contributed by atoms with Gasteiger partial charge in [-0.3, -0.25) is 9.69 Å². The van der Waals surface area contributed by atoms with Crippen LogP contribution in [0.3, 0.4) is 0 Å². The number of aromatic nitrogens is 3. The second-order valence-electron chi connectivity index (χ2n) is 8.38. The van der Waals surface area contributed by atoms with E-state index in [1.54, 1.807) is 24.4 Å². The highest BCUT2D eigenvalue weighted by Gasteiger charge is 2.28. The largest absolute Gasteiger partial charge is 0.333 e. The smallest absolute Gasteiger partial charge is 0.255 e. The maximum atomic E-state index is 13.1. The summed E-state index contributed by atoms with van der Waals surface area (Å²) in [7, 11) is 0. The van der Waals surface area contributed by atoms with E-state index in [2.05, 4.69) is 44.6 Å². The lowest BCUT2D eigenvalue weighted by molar-refractivity contribution is 0.0499. The van der Waals surface area contributed by atoms with Crippen molar-refractivity contribution in [2.24, 2.45) is 5.18 Å². The van der Waals surface area contributed by atoms with Crippen molar-refractivity contribution in [1.82, 2.24) is 24.6 Å². The van der Waals surface area contributed by atoms with E-state index in [9.17, 15) is 15.0 Å². The molecule has 0 unspecified atom stereocenters. The van der Waals surface area contributed by atoms with Crippen LogP contribution in [0, 0.1) is 26.7 Å². The number of amides is 1. The quantitative estimate of drug-likeness (QED) is 0.317. The topological polar surface area (TPSA) is 107 Å². The summed E-state index contributed by atoms with van der Waals surface area (Å²) in [6.45, 7) is 9.46. The molecule has 35 heavy (non-hydrogen) atoms. The van der Waals surface area contributed by atoms with E-state index in [1.807, 2.05) is 17.9 Å². The first kappa shape index (κ1) is 24.8. The van der Waals surface area contributed by atoms with E-state index in [-0.39, 0.29) is 17.8 Å². The summed E-state index contributed by atoms with van der Waals surface area (Å²) in [4.78, 5) is 33.5. The maximum absolute atomic E-state index is 13.1. The van der Waals surface area contributed by atoms with Gasteiger partial charge in [0, 0.05) is 35.4 Å². The summed E-state index contributed by atoms with van der Waals surface area (Å²) in [5.74, 6) is 0.448. The monoisotopic (exact) mass is 583 g/mol. The number of nitrogens with zero attached hydrogens (tertiary/aromatic N) is 7. The molecule has 0 bridgehead atoms. The summed E-state index contributed by atoms with van der Waals surface area (Å²) in [5, 5.41) is 17.0. The fraction of sp³-hybridized carbons (Fsp3) is 0.320. The summed E-state index contributed by atoms with van der Waals surface area (Å²) < 4.78 is 6.34. The van der Waals surface area contributed by atoms with Crippen LogP contribution in [-0.4, -0.2) is 67.2 Å². The molecular formula is C25H26IN7O2.